The summed E-state index contributed by atoms with van der Waals surface area (Å²) in [4.78, 5) is 14.0. The molecule has 0 atom stereocenters. The van der Waals surface area contributed by atoms with E-state index in [0.29, 0.717) is 23.6 Å². The first-order valence-electron chi connectivity index (χ1n) is 7.75. The number of nitrogens with zero attached hydrogens (tertiary/aromatic N) is 1. The van der Waals surface area contributed by atoms with Crippen LogP contribution in [0.3, 0.4) is 0 Å². The van der Waals surface area contributed by atoms with Gasteiger partial charge in [0.25, 0.3) is 0 Å². The molecular weight excluding hydrogens is 325 g/mol. The van der Waals surface area contributed by atoms with Crippen molar-refractivity contribution in [2.75, 3.05) is 28.4 Å². The monoisotopic (exact) mass is 347 g/mol. The van der Waals surface area contributed by atoms with Crippen molar-refractivity contribution in [1.29, 1.82) is 0 Å². The number of ether oxygens (including phenoxy) is 3. The van der Waals surface area contributed by atoms with E-state index in [2.05, 4.69) is 0 Å². The zero-order valence-electron chi connectivity index (χ0n) is 14.8. The molecule has 134 valence electrons. The van der Waals surface area contributed by atoms with E-state index in [4.69, 9.17) is 14.2 Å². The van der Waals surface area contributed by atoms with E-state index in [-0.39, 0.29) is 18.1 Å². The van der Waals surface area contributed by atoms with Gasteiger partial charge >= 0.3 is 0 Å². The fraction of sp³-hybridized carbons (Fsp3) is 0.316. The molecule has 2 aromatic rings. The van der Waals surface area contributed by atoms with Gasteiger partial charge in [-0.25, -0.2) is 4.39 Å². The van der Waals surface area contributed by atoms with Gasteiger partial charge in [-0.1, -0.05) is 12.1 Å². The topological polar surface area (TPSA) is 48.0 Å². The number of likely N-dealkylation sites (N-methyl/N-ethyl adjacent to an activating group) is 1. The number of carbonyl (C=O) groups is 1. The average Bonchev–Trinajstić information content (AvgIpc) is 2.62. The molecule has 0 unspecified atom stereocenters. The normalized spacial score (nSPS) is 10.3. The Kier molecular flexibility index (Phi) is 6.22. The van der Waals surface area contributed by atoms with E-state index in [1.165, 1.54) is 13.2 Å². The van der Waals surface area contributed by atoms with Gasteiger partial charge < -0.3 is 19.1 Å². The molecule has 0 aliphatic heterocycles. The Morgan fingerprint density at radius 1 is 1.00 bits per heavy atom. The van der Waals surface area contributed by atoms with Gasteiger partial charge in [0.15, 0.2) is 11.6 Å². The highest BCUT2D eigenvalue weighted by Crippen LogP contribution is 2.25. The number of hydrogen-bond acceptors (Lipinski definition) is 4. The number of hydrogen-bond donors (Lipinski definition) is 0. The summed E-state index contributed by atoms with van der Waals surface area (Å²) in [5.74, 6) is 0.893. The summed E-state index contributed by atoms with van der Waals surface area (Å²) >= 11 is 0. The van der Waals surface area contributed by atoms with E-state index in [1.807, 2.05) is 0 Å². The lowest BCUT2D eigenvalue weighted by molar-refractivity contribution is -0.129. The molecule has 0 radical (unpaired) electrons. The van der Waals surface area contributed by atoms with Crippen LogP contribution in [-0.2, 0) is 17.8 Å². The van der Waals surface area contributed by atoms with E-state index < -0.39 is 5.82 Å². The molecule has 0 heterocycles. The first-order chi connectivity index (χ1) is 12.0. The highest BCUT2D eigenvalue weighted by atomic mass is 19.1. The summed E-state index contributed by atoms with van der Waals surface area (Å²) in [6, 6.07) is 9.98. The molecule has 6 heteroatoms. The Morgan fingerprint density at radius 3 is 2.32 bits per heavy atom. The minimum atomic E-state index is -0.447. The minimum absolute atomic E-state index is 0.0975. The summed E-state index contributed by atoms with van der Waals surface area (Å²) in [5.41, 5.74) is 1.46. The number of rotatable bonds is 7. The highest BCUT2D eigenvalue weighted by Gasteiger charge is 2.15. The second-order valence-electron chi connectivity index (χ2n) is 5.57. The third-order valence-corrected chi connectivity index (χ3v) is 3.90. The Morgan fingerprint density at radius 2 is 1.72 bits per heavy atom. The van der Waals surface area contributed by atoms with Crippen molar-refractivity contribution < 1.29 is 23.4 Å². The van der Waals surface area contributed by atoms with E-state index in [9.17, 15) is 9.18 Å². The Labute approximate surface area is 146 Å². The molecule has 0 N–H and O–H groups in total. The van der Waals surface area contributed by atoms with Crippen molar-refractivity contribution in [3.63, 3.8) is 0 Å². The molecule has 0 saturated carbocycles. The molecule has 0 fully saturated rings. The number of benzene rings is 2. The summed E-state index contributed by atoms with van der Waals surface area (Å²) in [6.45, 7) is 0.304. The van der Waals surface area contributed by atoms with Gasteiger partial charge in [-0.15, -0.1) is 0 Å². The summed E-state index contributed by atoms with van der Waals surface area (Å²) < 4.78 is 29.1. The molecule has 0 aliphatic carbocycles. The van der Waals surface area contributed by atoms with E-state index in [1.54, 1.807) is 56.5 Å². The Balaban J connectivity index is 2.06. The third-order valence-electron chi connectivity index (χ3n) is 3.90. The second kappa shape index (κ2) is 8.37. The molecule has 25 heavy (non-hydrogen) atoms. The molecule has 0 spiro atoms. The number of methoxy groups -OCH3 is 3. The van der Waals surface area contributed by atoms with Gasteiger partial charge in [-0.3, -0.25) is 4.79 Å². The van der Waals surface area contributed by atoms with Crippen LogP contribution >= 0.6 is 0 Å². The minimum Gasteiger partial charge on any atom is -0.497 e. The average molecular weight is 347 g/mol. The molecule has 0 bridgehead atoms. The van der Waals surface area contributed by atoms with Crippen LogP contribution in [0, 0.1) is 5.82 Å². The summed E-state index contributed by atoms with van der Waals surface area (Å²) in [7, 11) is 6.21. The van der Waals surface area contributed by atoms with Crippen molar-refractivity contribution in [2.45, 2.75) is 13.0 Å². The van der Waals surface area contributed by atoms with Crippen LogP contribution in [0.2, 0.25) is 0 Å². The fourth-order valence-electron chi connectivity index (χ4n) is 2.47. The summed E-state index contributed by atoms with van der Waals surface area (Å²) in [5, 5.41) is 0. The van der Waals surface area contributed by atoms with Crippen LogP contribution in [0.25, 0.3) is 0 Å². The van der Waals surface area contributed by atoms with E-state index >= 15 is 0 Å². The van der Waals surface area contributed by atoms with Crippen LogP contribution in [-0.4, -0.2) is 39.2 Å². The highest BCUT2D eigenvalue weighted by molar-refractivity contribution is 5.79. The van der Waals surface area contributed by atoms with Crippen molar-refractivity contribution in [3.05, 3.63) is 53.3 Å². The van der Waals surface area contributed by atoms with Gasteiger partial charge in [-0.2, -0.15) is 0 Å². The predicted molar refractivity (Wildman–Crippen MR) is 92.7 cm³/mol. The maximum Gasteiger partial charge on any atom is 0.227 e. The zero-order valence-corrected chi connectivity index (χ0v) is 14.8. The molecule has 5 nitrogen and oxygen atoms in total. The van der Waals surface area contributed by atoms with Crippen LogP contribution in [0.5, 0.6) is 17.2 Å². The first kappa shape index (κ1) is 18.6. The molecule has 0 saturated heterocycles. The number of halogens is 1. The number of carbonyl (C=O) groups excluding carboxylic acids is 1. The molecule has 1 amide bonds. The van der Waals surface area contributed by atoms with Gasteiger partial charge in [0.05, 0.1) is 27.8 Å². The van der Waals surface area contributed by atoms with Crippen LogP contribution in [0.4, 0.5) is 4.39 Å². The second-order valence-corrected chi connectivity index (χ2v) is 5.57. The molecule has 2 aromatic carbocycles. The van der Waals surface area contributed by atoms with Gasteiger partial charge in [0, 0.05) is 25.2 Å². The maximum atomic E-state index is 13.8. The quantitative estimate of drug-likeness (QED) is 0.772. The van der Waals surface area contributed by atoms with Crippen LogP contribution in [0.1, 0.15) is 11.1 Å². The van der Waals surface area contributed by atoms with Crippen molar-refractivity contribution in [3.8, 4) is 17.2 Å². The van der Waals surface area contributed by atoms with E-state index in [0.717, 1.165) is 5.56 Å². The SMILES string of the molecule is COc1ccc(CC(=O)N(C)Cc2ccc(OC)c(F)c2)c(OC)c1. The van der Waals surface area contributed by atoms with Gasteiger partial charge in [-0.05, 0) is 23.8 Å². The fourth-order valence-corrected chi connectivity index (χ4v) is 2.47. The van der Waals surface area contributed by atoms with Crippen molar-refractivity contribution >= 4 is 5.91 Å². The molecular formula is C19H22FNO4. The van der Waals surface area contributed by atoms with Gasteiger partial charge in [0.1, 0.15) is 11.5 Å². The largest absolute Gasteiger partial charge is 0.497 e. The smallest absolute Gasteiger partial charge is 0.227 e. The van der Waals surface area contributed by atoms with Gasteiger partial charge in [0.2, 0.25) is 5.91 Å². The third kappa shape index (κ3) is 4.62. The lowest BCUT2D eigenvalue weighted by atomic mass is 10.1. The Bertz CT molecular complexity index is 748. The van der Waals surface area contributed by atoms with Crippen LogP contribution < -0.4 is 14.2 Å². The maximum absolute atomic E-state index is 13.8. The summed E-state index contributed by atoms with van der Waals surface area (Å²) in [6.07, 6.45) is 0.183. The van der Waals surface area contributed by atoms with Crippen molar-refractivity contribution in [1.82, 2.24) is 4.90 Å². The zero-order chi connectivity index (χ0) is 18.4. The number of amides is 1. The Hall–Kier alpha value is -2.76. The first-order valence-corrected chi connectivity index (χ1v) is 7.75. The predicted octanol–water partition coefficient (Wildman–Crippen LogP) is 3.05. The van der Waals surface area contributed by atoms with Crippen LogP contribution in [0.15, 0.2) is 36.4 Å². The molecule has 0 aromatic heterocycles. The standard InChI is InChI=1S/C19H22FNO4/c1-21(12-13-5-8-17(24-3)16(20)9-13)19(22)10-14-6-7-15(23-2)11-18(14)25-4/h5-9,11H,10,12H2,1-4H3. The van der Waals surface area contributed by atoms with Crippen molar-refractivity contribution in [2.24, 2.45) is 0 Å². The molecule has 0 aliphatic rings. The lowest BCUT2D eigenvalue weighted by Gasteiger charge is -2.19. The lowest BCUT2D eigenvalue weighted by Crippen LogP contribution is -2.27. The molecule has 2 rings (SSSR count).